The second kappa shape index (κ2) is 2.44. The standard InChI is InChI=1S/C7H9N5/c1-5-3-6(8-2)7-10-9-4-12(7)11-5/h3-4,8H,1-2H3. The lowest BCUT2D eigenvalue weighted by molar-refractivity contribution is 0.894. The fourth-order valence-corrected chi connectivity index (χ4v) is 1.14. The Labute approximate surface area is 69.4 Å². The van der Waals surface area contributed by atoms with E-state index < -0.39 is 0 Å². The van der Waals surface area contributed by atoms with Gasteiger partial charge in [0.25, 0.3) is 0 Å². The molecule has 0 bridgehead atoms. The number of rotatable bonds is 1. The van der Waals surface area contributed by atoms with Crippen LogP contribution in [0.1, 0.15) is 5.69 Å². The maximum atomic E-state index is 4.20. The summed E-state index contributed by atoms with van der Waals surface area (Å²) in [5.74, 6) is 0. The zero-order chi connectivity index (χ0) is 8.55. The van der Waals surface area contributed by atoms with Crippen LogP contribution in [0.5, 0.6) is 0 Å². The van der Waals surface area contributed by atoms with E-state index in [-0.39, 0.29) is 0 Å². The summed E-state index contributed by atoms with van der Waals surface area (Å²) < 4.78 is 1.65. The van der Waals surface area contributed by atoms with E-state index in [9.17, 15) is 0 Å². The molecular formula is C7H9N5. The van der Waals surface area contributed by atoms with Gasteiger partial charge >= 0.3 is 0 Å². The number of nitrogens with one attached hydrogen (secondary N) is 1. The fraction of sp³-hybridized carbons (Fsp3) is 0.286. The predicted molar refractivity (Wildman–Crippen MR) is 45.1 cm³/mol. The van der Waals surface area contributed by atoms with Gasteiger partial charge in [0.2, 0.25) is 5.65 Å². The Morgan fingerprint density at radius 1 is 1.50 bits per heavy atom. The minimum atomic E-state index is 0.753. The molecule has 0 unspecified atom stereocenters. The van der Waals surface area contributed by atoms with Crippen molar-refractivity contribution in [3.63, 3.8) is 0 Å². The summed E-state index contributed by atoms with van der Waals surface area (Å²) in [4.78, 5) is 0. The molecule has 62 valence electrons. The van der Waals surface area contributed by atoms with E-state index in [1.165, 1.54) is 0 Å². The molecule has 0 atom stereocenters. The number of aryl methyl sites for hydroxylation is 1. The van der Waals surface area contributed by atoms with Crippen LogP contribution < -0.4 is 5.32 Å². The van der Waals surface area contributed by atoms with E-state index in [0.717, 1.165) is 17.0 Å². The molecule has 2 rings (SSSR count). The van der Waals surface area contributed by atoms with Crippen LogP contribution in [-0.4, -0.2) is 26.9 Å². The molecule has 0 spiro atoms. The van der Waals surface area contributed by atoms with Gasteiger partial charge in [-0.15, -0.1) is 10.2 Å². The van der Waals surface area contributed by atoms with Crippen LogP contribution in [0.4, 0.5) is 5.69 Å². The number of aromatic nitrogens is 4. The highest BCUT2D eigenvalue weighted by Crippen LogP contribution is 2.12. The van der Waals surface area contributed by atoms with Gasteiger partial charge in [-0.3, -0.25) is 0 Å². The zero-order valence-electron chi connectivity index (χ0n) is 6.94. The van der Waals surface area contributed by atoms with Gasteiger partial charge in [-0.2, -0.15) is 9.61 Å². The quantitative estimate of drug-likeness (QED) is 0.664. The van der Waals surface area contributed by atoms with Crippen LogP contribution in [0.15, 0.2) is 12.4 Å². The fourth-order valence-electron chi connectivity index (χ4n) is 1.14. The van der Waals surface area contributed by atoms with Crippen molar-refractivity contribution in [1.82, 2.24) is 19.8 Å². The summed E-state index contributed by atoms with van der Waals surface area (Å²) in [7, 11) is 1.85. The van der Waals surface area contributed by atoms with Crippen molar-refractivity contribution in [3.05, 3.63) is 18.1 Å². The van der Waals surface area contributed by atoms with E-state index in [2.05, 4.69) is 20.6 Å². The Morgan fingerprint density at radius 3 is 3.08 bits per heavy atom. The molecule has 2 aromatic heterocycles. The highest BCUT2D eigenvalue weighted by Gasteiger charge is 2.02. The number of nitrogens with zero attached hydrogens (tertiary/aromatic N) is 4. The molecule has 0 saturated carbocycles. The minimum Gasteiger partial charge on any atom is -0.385 e. The van der Waals surface area contributed by atoms with Crippen LogP contribution >= 0.6 is 0 Å². The first-order chi connectivity index (χ1) is 5.81. The summed E-state index contributed by atoms with van der Waals surface area (Å²) in [5.41, 5.74) is 2.63. The lowest BCUT2D eigenvalue weighted by Crippen LogP contribution is -1.98. The molecule has 0 aliphatic rings. The van der Waals surface area contributed by atoms with Gasteiger partial charge in [0.15, 0.2) is 0 Å². The second-order valence-corrected chi connectivity index (χ2v) is 2.55. The third-order valence-corrected chi connectivity index (χ3v) is 1.66. The summed E-state index contributed by atoms with van der Waals surface area (Å²) >= 11 is 0. The lowest BCUT2D eigenvalue weighted by atomic mass is 10.4. The average Bonchev–Trinajstić information content (AvgIpc) is 2.50. The van der Waals surface area contributed by atoms with Crippen molar-refractivity contribution in [1.29, 1.82) is 0 Å². The van der Waals surface area contributed by atoms with Crippen molar-refractivity contribution < 1.29 is 0 Å². The van der Waals surface area contributed by atoms with Crippen molar-refractivity contribution in [2.45, 2.75) is 6.92 Å². The van der Waals surface area contributed by atoms with Crippen molar-refractivity contribution in [2.75, 3.05) is 12.4 Å². The second-order valence-electron chi connectivity index (χ2n) is 2.55. The van der Waals surface area contributed by atoms with E-state index in [0.29, 0.717) is 0 Å². The van der Waals surface area contributed by atoms with Crippen LogP contribution in [0.25, 0.3) is 5.65 Å². The molecule has 2 heterocycles. The summed E-state index contributed by atoms with van der Waals surface area (Å²) in [6, 6.07) is 1.93. The Bertz CT molecular complexity index is 405. The van der Waals surface area contributed by atoms with Crippen LogP contribution in [0, 0.1) is 6.92 Å². The predicted octanol–water partition coefficient (Wildman–Crippen LogP) is 0.474. The van der Waals surface area contributed by atoms with E-state index in [1.54, 1.807) is 10.8 Å². The van der Waals surface area contributed by atoms with Gasteiger partial charge in [0.05, 0.1) is 11.4 Å². The maximum Gasteiger partial charge on any atom is 0.200 e. The monoisotopic (exact) mass is 163 g/mol. The average molecular weight is 163 g/mol. The minimum absolute atomic E-state index is 0.753. The smallest absolute Gasteiger partial charge is 0.200 e. The Kier molecular flexibility index (Phi) is 1.43. The van der Waals surface area contributed by atoms with Crippen molar-refractivity contribution in [3.8, 4) is 0 Å². The topological polar surface area (TPSA) is 55.1 Å². The molecular weight excluding hydrogens is 154 g/mol. The summed E-state index contributed by atoms with van der Waals surface area (Å²) in [5, 5.41) is 14.9. The van der Waals surface area contributed by atoms with Crippen molar-refractivity contribution >= 4 is 11.3 Å². The molecule has 1 N–H and O–H groups in total. The molecule has 0 aliphatic heterocycles. The van der Waals surface area contributed by atoms with E-state index in [1.807, 2.05) is 20.0 Å². The lowest BCUT2D eigenvalue weighted by Gasteiger charge is -2.01. The molecule has 0 saturated heterocycles. The highest BCUT2D eigenvalue weighted by atomic mass is 15.3. The number of hydrogen-bond acceptors (Lipinski definition) is 4. The number of fused-ring (bicyclic) bond motifs is 1. The first-order valence-corrected chi connectivity index (χ1v) is 3.66. The Hall–Kier alpha value is -1.65. The zero-order valence-corrected chi connectivity index (χ0v) is 6.94. The Balaban J connectivity index is 2.80. The number of hydrogen-bond donors (Lipinski definition) is 1. The van der Waals surface area contributed by atoms with Gasteiger partial charge in [-0.05, 0) is 13.0 Å². The number of anilines is 1. The normalized spacial score (nSPS) is 10.5. The first-order valence-electron chi connectivity index (χ1n) is 3.66. The molecule has 0 aliphatic carbocycles. The van der Waals surface area contributed by atoms with Crippen molar-refractivity contribution in [2.24, 2.45) is 0 Å². The third-order valence-electron chi connectivity index (χ3n) is 1.66. The van der Waals surface area contributed by atoms with E-state index >= 15 is 0 Å². The SMILES string of the molecule is CNc1cc(C)nn2cnnc12. The third kappa shape index (κ3) is 0.903. The van der Waals surface area contributed by atoms with Gasteiger partial charge < -0.3 is 5.32 Å². The van der Waals surface area contributed by atoms with Gasteiger partial charge in [0.1, 0.15) is 6.33 Å². The van der Waals surface area contributed by atoms with Crippen LogP contribution in [0.3, 0.4) is 0 Å². The largest absolute Gasteiger partial charge is 0.385 e. The summed E-state index contributed by atoms with van der Waals surface area (Å²) in [6.45, 7) is 1.93. The first kappa shape index (κ1) is 7.02. The molecule has 0 radical (unpaired) electrons. The molecule has 2 aromatic rings. The molecule has 5 heteroatoms. The van der Waals surface area contributed by atoms with Gasteiger partial charge in [-0.25, -0.2) is 0 Å². The Morgan fingerprint density at radius 2 is 2.33 bits per heavy atom. The van der Waals surface area contributed by atoms with E-state index in [4.69, 9.17) is 0 Å². The molecule has 0 fully saturated rings. The molecule has 0 aromatic carbocycles. The molecule has 5 nitrogen and oxygen atoms in total. The van der Waals surface area contributed by atoms with Gasteiger partial charge in [0, 0.05) is 7.05 Å². The highest BCUT2D eigenvalue weighted by molar-refractivity contribution is 5.66. The van der Waals surface area contributed by atoms with Crippen LogP contribution in [0.2, 0.25) is 0 Å². The summed E-state index contributed by atoms with van der Waals surface area (Å²) in [6.07, 6.45) is 1.59. The maximum absolute atomic E-state index is 4.20. The molecule has 12 heavy (non-hydrogen) atoms. The van der Waals surface area contributed by atoms with Crippen LogP contribution in [-0.2, 0) is 0 Å². The van der Waals surface area contributed by atoms with Gasteiger partial charge in [-0.1, -0.05) is 0 Å². The molecule has 0 amide bonds.